The van der Waals surface area contributed by atoms with Gasteiger partial charge in [0, 0.05) is 16.6 Å². The van der Waals surface area contributed by atoms with E-state index in [2.05, 4.69) is 5.32 Å². The summed E-state index contributed by atoms with van der Waals surface area (Å²) in [5, 5.41) is 13.2. The van der Waals surface area contributed by atoms with Crippen LogP contribution in [-0.2, 0) is 4.79 Å². The molecule has 0 aromatic heterocycles. The zero-order valence-corrected chi connectivity index (χ0v) is 12.3. The zero-order chi connectivity index (χ0) is 14.5. The van der Waals surface area contributed by atoms with E-state index in [0.29, 0.717) is 16.3 Å². The number of nitrogens with one attached hydrogen (secondary N) is 1. The molecule has 0 heterocycles. The Morgan fingerprint density at radius 3 is 2.70 bits per heavy atom. The van der Waals surface area contributed by atoms with Crippen molar-refractivity contribution in [1.29, 1.82) is 0 Å². The Morgan fingerprint density at radius 2 is 2.10 bits per heavy atom. The van der Waals surface area contributed by atoms with E-state index in [-0.39, 0.29) is 6.04 Å². The summed E-state index contributed by atoms with van der Waals surface area (Å²) < 4.78 is 5.26. The summed E-state index contributed by atoms with van der Waals surface area (Å²) in [5.74, 6) is -0.421. The lowest BCUT2D eigenvalue weighted by Crippen LogP contribution is -2.38. The van der Waals surface area contributed by atoms with Gasteiger partial charge in [0.2, 0.25) is 0 Å². The van der Waals surface area contributed by atoms with Gasteiger partial charge in [0.05, 0.1) is 7.11 Å². The fourth-order valence-electron chi connectivity index (χ4n) is 2.76. The van der Waals surface area contributed by atoms with Crippen molar-refractivity contribution in [2.75, 3.05) is 7.11 Å². The number of halogens is 1. The van der Waals surface area contributed by atoms with Gasteiger partial charge in [-0.3, -0.25) is 10.1 Å². The first-order valence-corrected chi connectivity index (χ1v) is 7.32. The summed E-state index contributed by atoms with van der Waals surface area (Å²) in [7, 11) is 1.52. The molecule has 2 rings (SSSR count). The maximum absolute atomic E-state index is 11.6. The molecule has 1 atom stereocenters. The van der Waals surface area contributed by atoms with E-state index in [1.807, 2.05) is 0 Å². The molecule has 1 saturated carbocycles. The van der Waals surface area contributed by atoms with Crippen molar-refractivity contribution in [3.63, 3.8) is 0 Å². The second-order valence-corrected chi connectivity index (χ2v) is 5.54. The predicted octanol–water partition coefficient (Wildman–Crippen LogP) is 3.40. The Balaban J connectivity index is 2.26. The van der Waals surface area contributed by atoms with Crippen LogP contribution in [0.1, 0.15) is 43.7 Å². The average Bonchev–Trinajstić information content (AvgIpc) is 2.46. The van der Waals surface area contributed by atoms with Crippen molar-refractivity contribution in [3.8, 4) is 5.75 Å². The fraction of sp³-hybridized carbons (Fsp3) is 0.533. The quantitative estimate of drug-likeness (QED) is 0.874. The van der Waals surface area contributed by atoms with Crippen LogP contribution in [0, 0.1) is 0 Å². The molecule has 5 heteroatoms. The summed E-state index contributed by atoms with van der Waals surface area (Å²) >= 11 is 6.18. The molecule has 0 amide bonds. The van der Waals surface area contributed by atoms with E-state index >= 15 is 0 Å². The fourth-order valence-corrected chi connectivity index (χ4v) is 3.03. The minimum absolute atomic E-state index is 0.228. The standard InChI is InChI=1S/C15H20ClNO3/c1-20-12-9-5-8-11(16)13(12)14(15(18)19)17-10-6-3-2-4-7-10/h5,8-10,14,17H,2-4,6-7H2,1H3,(H,18,19). The van der Waals surface area contributed by atoms with Crippen LogP contribution in [0.4, 0.5) is 0 Å². The smallest absolute Gasteiger partial charge is 0.325 e. The topological polar surface area (TPSA) is 58.6 Å². The number of benzene rings is 1. The van der Waals surface area contributed by atoms with Gasteiger partial charge in [0.1, 0.15) is 11.8 Å². The van der Waals surface area contributed by atoms with E-state index in [0.717, 1.165) is 25.7 Å². The van der Waals surface area contributed by atoms with Gasteiger partial charge in [-0.05, 0) is 25.0 Å². The molecule has 1 aliphatic carbocycles. The molecule has 1 aromatic carbocycles. The molecule has 20 heavy (non-hydrogen) atoms. The Hall–Kier alpha value is -1.26. The highest BCUT2D eigenvalue weighted by Crippen LogP contribution is 2.33. The van der Waals surface area contributed by atoms with Crippen LogP contribution in [0.5, 0.6) is 5.75 Å². The number of methoxy groups -OCH3 is 1. The Kier molecular flexibility index (Phi) is 5.26. The summed E-state index contributed by atoms with van der Waals surface area (Å²) in [6.07, 6.45) is 5.53. The number of rotatable bonds is 5. The number of ether oxygens (including phenoxy) is 1. The highest BCUT2D eigenvalue weighted by molar-refractivity contribution is 6.31. The molecule has 1 aromatic rings. The van der Waals surface area contributed by atoms with Gasteiger partial charge >= 0.3 is 5.97 Å². The van der Waals surface area contributed by atoms with Crippen molar-refractivity contribution in [1.82, 2.24) is 5.32 Å². The summed E-state index contributed by atoms with van der Waals surface area (Å²) in [6.45, 7) is 0. The largest absolute Gasteiger partial charge is 0.496 e. The number of hydrogen-bond acceptors (Lipinski definition) is 3. The molecule has 0 saturated heterocycles. The lowest BCUT2D eigenvalue weighted by atomic mass is 9.94. The van der Waals surface area contributed by atoms with Crippen LogP contribution < -0.4 is 10.1 Å². The second-order valence-electron chi connectivity index (χ2n) is 5.13. The van der Waals surface area contributed by atoms with E-state index in [1.165, 1.54) is 13.5 Å². The van der Waals surface area contributed by atoms with Gasteiger partial charge in [0.15, 0.2) is 0 Å². The molecule has 4 nitrogen and oxygen atoms in total. The molecule has 0 radical (unpaired) electrons. The van der Waals surface area contributed by atoms with Gasteiger partial charge in [-0.15, -0.1) is 0 Å². The lowest BCUT2D eigenvalue weighted by Gasteiger charge is -2.27. The molecular formula is C15H20ClNO3. The first-order valence-electron chi connectivity index (χ1n) is 6.94. The van der Waals surface area contributed by atoms with E-state index < -0.39 is 12.0 Å². The Bertz CT molecular complexity index is 472. The predicted molar refractivity (Wildman–Crippen MR) is 78.4 cm³/mol. The monoisotopic (exact) mass is 297 g/mol. The lowest BCUT2D eigenvalue weighted by molar-refractivity contribution is -0.140. The second kappa shape index (κ2) is 6.95. The number of carboxylic acid groups (broad SMARTS) is 1. The molecule has 110 valence electrons. The maximum Gasteiger partial charge on any atom is 0.325 e. The zero-order valence-electron chi connectivity index (χ0n) is 11.6. The SMILES string of the molecule is COc1cccc(Cl)c1C(NC1CCCCC1)C(=O)O. The maximum atomic E-state index is 11.6. The summed E-state index contributed by atoms with van der Waals surface area (Å²) in [5.41, 5.74) is 0.509. The molecule has 2 N–H and O–H groups in total. The minimum Gasteiger partial charge on any atom is -0.496 e. The van der Waals surface area contributed by atoms with Crippen LogP contribution >= 0.6 is 11.6 Å². The third kappa shape index (κ3) is 3.44. The minimum atomic E-state index is -0.929. The van der Waals surface area contributed by atoms with Crippen LogP contribution in [0.15, 0.2) is 18.2 Å². The van der Waals surface area contributed by atoms with Crippen molar-refractivity contribution >= 4 is 17.6 Å². The number of carbonyl (C=O) groups is 1. The first kappa shape index (κ1) is 15.1. The number of hydrogen-bond donors (Lipinski definition) is 2. The van der Waals surface area contributed by atoms with Crippen molar-refractivity contribution in [2.45, 2.75) is 44.2 Å². The van der Waals surface area contributed by atoms with Crippen LogP contribution in [-0.4, -0.2) is 24.2 Å². The first-order chi connectivity index (χ1) is 9.63. The molecule has 1 aliphatic rings. The average molecular weight is 298 g/mol. The highest BCUT2D eigenvalue weighted by atomic mass is 35.5. The van der Waals surface area contributed by atoms with Gasteiger partial charge < -0.3 is 9.84 Å². The normalized spacial score (nSPS) is 17.7. The molecule has 1 fully saturated rings. The number of carboxylic acids is 1. The molecule has 1 unspecified atom stereocenters. The van der Waals surface area contributed by atoms with Crippen molar-refractivity contribution in [3.05, 3.63) is 28.8 Å². The molecule has 0 aliphatic heterocycles. The Labute approximate surface area is 124 Å². The van der Waals surface area contributed by atoms with Crippen LogP contribution in [0.3, 0.4) is 0 Å². The molecular weight excluding hydrogens is 278 g/mol. The van der Waals surface area contributed by atoms with Gasteiger partial charge in [-0.25, -0.2) is 0 Å². The molecule has 0 bridgehead atoms. The third-order valence-electron chi connectivity index (χ3n) is 3.78. The Morgan fingerprint density at radius 1 is 1.40 bits per heavy atom. The highest BCUT2D eigenvalue weighted by Gasteiger charge is 2.28. The van der Waals surface area contributed by atoms with Gasteiger partial charge in [0.25, 0.3) is 0 Å². The van der Waals surface area contributed by atoms with Crippen molar-refractivity contribution in [2.24, 2.45) is 0 Å². The van der Waals surface area contributed by atoms with Gasteiger partial charge in [-0.1, -0.05) is 36.9 Å². The number of aliphatic carboxylic acids is 1. The van der Waals surface area contributed by atoms with Crippen molar-refractivity contribution < 1.29 is 14.6 Å². The summed E-state index contributed by atoms with van der Waals surface area (Å²) in [4.78, 5) is 11.6. The van der Waals surface area contributed by atoms with E-state index in [4.69, 9.17) is 16.3 Å². The van der Waals surface area contributed by atoms with E-state index in [1.54, 1.807) is 18.2 Å². The molecule has 0 spiro atoms. The third-order valence-corrected chi connectivity index (χ3v) is 4.11. The summed E-state index contributed by atoms with van der Waals surface area (Å²) in [6, 6.07) is 4.58. The van der Waals surface area contributed by atoms with Crippen LogP contribution in [0.25, 0.3) is 0 Å². The van der Waals surface area contributed by atoms with Crippen LogP contribution in [0.2, 0.25) is 5.02 Å². The van der Waals surface area contributed by atoms with Gasteiger partial charge in [-0.2, -0.15) is 0 Å². The van der Waals surface area contributed by atoms with E-state index in [9.17, 15) is 9.90 Å².